The monoisotopic (exact) mass is 355 g/mol. The van der Waals surface area contributed by atoms with Crippen LogP contribution in [0.15, 0.2) is 46.5 Å². The maximum Gasteiger partial charge on any atom is 0.284 e. The Bertz CT molecular complexity index is 970. The number of aromatic nitrogens is 4. The summed E-state index contributed by atoms with van der Waals surface area (Å²) in [6.45, 7) is 3.93. The molecule has 0 aliphatic heterocycles. The van der Waals surface area contributed by atoms with Gasteiger partial charge in [-0.1, -0.05) is 23.8 Å². The standard InChI is InChI=1S/C16H13N5O3S/c1-10-3-5-13(11(2)7-10)20-16(17-18-19-20)25-15-6-4-12(9-22)8-14(15)21(23)24/h3-9H,1-2H3. The van der Waals surface area contributed by atoms with E-state index >= 15 is 0 Å². The molecule has 1 aromatic heterocycles. The number of hydrogen-bond donors (Lipinski definition) is 0. The number of benzene rings is 2. The minimum Gasteiger partial charge on any atom is -0.298 e. The molecule has 3 aromatic rings. The first-order valence-electron chi connectivity index (χ1n) is 7.27. The second-order valence-electron chi connectivity index (χ2n) is 5.37. The lowest BCUT2D eigenvalue weighted by Crippen LogP contribution is -2.02. The van der Waals surface area contributed by atoms with E-state index in [1.165, 1.54) is 22.9 Å². The molecule has 0 saturated heterocycles. The fraction of sp³-hybridized carbons (Fsp3) is 0.125. The number of nitro benzene ring substituents is 1. The molecule has 3 rings (SSSR count). The summed E-state index contributed by atoms with van der Waals surface area (Å²) in [6, 6.07) is 10.1. The molecule has 0 aliphatic carbocycles. The van der Waals surface area contributed by atoms with Gasteiger partial charge in [0.2, 0.25) is 5.16 Å². The van der Waals surface area contributed by atoms with E-state index in [1.54, 1.807) is 0 Å². The Morgan fingerprint density at radius 2 is 2.00 bits per heavy atom. The van der Waals surface area contributed by atoms with Gasteiger partial charge in [-0.05, 0) is 53.7 Å². The molecule has 1 heterocycles. The Morgan fingerprint density at radius 1 is 1.20 bits per heavy atom. The Kier molecular flexibility index (Phi) is 4.57. The van der Waals surface area contributed by atoms with E-state index in [0.717, 1.165) is 28.6 Å². The molecule has 0 fully saturated rings. The predicted octanol–water partition coefficient (Wildman–Crippen LogP) is 3.15. The lowest BCUT2D eigenvalue weighted by atomic mass is 10.1. The van der Waals surface area contributed by atoms with Gasteiger partial charge in [0, 0.05) is 11.6 Å². The Morgan fingerprint density at radius 3 is 2.68 bits per heavy atom. The van der Waals surface area contributed by atoms with Crippen LogP contribution < -0.4 is 0 Å². The first kappa shape index (κ1) is 16.8. The molecule has 9 heteroatoms. The third-order valence-corrected chi connectivity index (χ3v) is 4.54. The summed E-state index contributed by atoms with van der Waals surface area (Å²) in [5.41, 5.74) is 2.98. The fourth-order valence-electron chi connectivity index (χ4n) is 2.37. The molecule has 2 aromatic carbocycles. The van der Waals surface area contributed by atoms with Gasteiger partial charge in [0.1, 0.15) is 6.29 Å². The van der Waals surface area contributed by atoms with E-state index in [-0.39, 0.29) is 11.3 Å². The van der Waals surface area contributed by atoms with Gasteiger partial charge in [0.15, 0.2) is 0 Å². The summed E-state index contributed by atoms with van der Waals surface area (Å²) >= 11 is 1.07. The van der Waals surface area contributed by atoms with Crippen LogP contribution in [0.3, 0.4) is 0 Å². The van der Waals surface area contributed by atoms with Crippen LogP contribution in [-0.4, -0.2) is 31.4 Å². The zero-order chi connectivity index (χ0) is 18.0. The largest absolute Gasteiger partial charge is 0.298 e. The van der Waals surface area contributed by atoms with Crippen molar-refractivity contribution in [1.82, 2.24) is 20.2 Å². The van der Waals surface area contributed by atoms with E-state index < -0.39 is 4.92 Å². The van der Waals surface area contributed by atoms with E-state index in [9.17, 15) is 14.9 Å². The van der Waals surface area contributed by atoms with E-state index in [1.807, 2.05) is 32.0 Å². The highest BCUT2D eigenvalue weighted by Gasteiger charge is 2.20. The summed E-state index contributed by atoms with van der Waals surface area (Å²) in [5, 5.41) is 23.3. The Labute approximate surface area is 147 Å². The van der Waals surface area contributed by atoms with Crippen molar-refractivity contribution in [2.24, 2.45) is 0 Å². The van der Waals surface area contributed by atoms with Crippen LogP contribution in [-0.2, 0) is 0 Å². The number of aldehydes is 1. The number of nitrogens with zero attached hydrogens (tertiary/aromatic N) is 5. The molecule has 8 nitrogen and oxygen atoms in total. The van der Waals surface area contributed by atoms with Gasteiger partial charge in [0.05, 0.1) is 15.5 Å². The molecule has 0 aliphatic rings. The third-order valence-electron chi connectivity index (χ3n) is 3.54. The fourth-order valence-corrected chi connectivity index (χ4v) is 3.24. The Balaban J connectivity index is 2.02. The van der Waals surface area contributed by atoms with Crippen molar-refractivity contribution >= 4 is 23.7 Å². The molecule has 0 amide bonds. The van der Waals surface area contributed by atoms with Crippen molar-refractivity contribution in [2.45, 2.75) is 23.9 Å². The molecule has 0 spiro atoms. The van der Waals surface area contributed by atoms with Gasteiger partial charge in [-0.2, -0.15) is 4.68 Å². The minimum absolute atomic E-state index is 0.162. The van der Waals surface area contributed by atoms with Gasteiger partial charge >= 0.3 is 0 Å². The summed E-state index contributed by atoms with van der Waals surface area (Å²) in [5.74, 6) is 0. The van der Waals surface area contributed by atoms with Crippen LogP contribution in [0.4, 0.5) is 5.69 Å². The second kappa shape index (κ2) is 6.81. The second-order valence-corrected chi connectivity index (χ2v) is 6.38. The maximum atomic E-state index is 11.3. The van der Waals surface area contributed by atoms with E-state index in [2.05, 4.69) is 15.5 Å². The number of nitro groups is 1. The smallest absolute Gasteiger partial charge is 0.284 e. The quantitative estimate of drug-likeness (QED) is 0.393. The number of carbonyl (C=O) groups is 1. The number of carbonyl (C=O) groups excluding carboxylic acids is 1. The number of aryl methyl sites for hydroxylation is 2. The summed E-state index contributed by atoms with van der Waals surface area (Å²) in [4.78, 5) is 22.0. The van der Waals surface area contributed by atoms with Crippen molar-refractivity contribution in [1.29, 1.82) is 0 Å². The molecule has 0 bridgehead atoms. The van der Waals surface area contributed by atoms with Crippen molar-refractivity contribution in [3.05, 3.63) is 63.2 Å². The summed E-state index contributed by atoms with van der Waals surface area (Å²) < 4.78 is 1.54. The number of hydrogen-bond acceptors (Lipinski definition) is 7. The van der Waals surface area contributed by atoms with E-state index in [0.29, 0.717) is 16.3 Å². The van der Waals surface area contributed by atoms with Crippen molar-refractivity contribution < 1.29 is 9.72 Å². The molecular formula is C16H13N5O3S. The third kappa shape index (κ3) is 3.41. The molecule has 0 saturated carbocycles. The van der Waals surface area contributed by atoms with Gasteiger partial charge in [-0.3, -0.25) is 14.9 Å². The zero-order valence-electron chi connectivity index (χ0n) is 13.4. The highest BCUT2D eigenvalue weighted by molar-refractivity contribution is 7.99. The maximum absolute atomic E-state index is 11.3. The average Bonchev–Trinajstić information content (AvgIpc) is 3.03. The van der Waals surface area contributed by atoms with Crippen LogP contribution >= 0.6 is 11.8 Å². The van der Waals surface area contributed by atoms with Crippen molar-refractivity contribution in [2.75, 3.05) is 0 Å². The molecule has 0 radical (unpaired) electrons. The van der Waals surface area contributed by atoms with Crippen molar-refractivity contribution in [3.8, 4) is 5.69 Å². The highest BCUT2D eigenvalue weighted by Crippen LogP contribution is 2.35. The first-order valence-corrected chi connectivity index (χ1v) is 8.08. The average molecular weight is 355 g/mol. The molecule has 0 atom stereocenters. The number of rotatable bonds is 5. The van der Waals surface area contributed by atoms with Crippen LogP contribution in [0.1, 0.15) is 21.5 Å². The molecule has 25 heavy (non-hydrogen) atoms. The number of tetrazole rings is 1. The SMILES string of the molecule is Cc1ccc(-n2nnnc2Sc2ccc(C=O)cc2[N+](=O)[O-])c(C)c1. The van der Waals surface area contributed by atoms with Crippen LogP contribution in [0.25, 0.3) is 5.69 Å². The summed E-state index contributed by atoms with van der Waals surface area (Å²) in [7, 11) is 0. The van der Waals surface area contributed by atoms with Gasteiger partial charge < -0.3 is 0 Å². The molecular weight excluding hydrogens is 342 g/mol. The Hall–Kier alpha value is -3.07. The lowest BCUT2D eigenvalue weighted by molar-refractivity contribution is -0.387. The molecule has 126 valence electrons. The predicted molar refractivity (Wildman–Crippen MR) is 91.2 cm³/mol. The topological polar surface area (TPSA) is 104 Å². The first-order chi connectivity index (χ1) is 12.0. The lowest BCUT2D eigenvalue weighted by Gasteiger charge is -2.08. The van der Waals surface area contributed by atoms with Gasteiger partial charge in [-0.15, -0.1) is 5.10 Å². The molecule has 0 N–H and O–H groups in total. The van der Waals surface area contributed by atoms with Crippen LogP contribution in [0.5, 0.6) is 0 Å². The summed E-state index contributed by atoms with van der Waals surface area (Å²) in [6.07, 6.45) is 0.571. The van der Waals surface area contributed by atoms with Crippen molar-refractivity contribution in [3.63, 3.8) is 0 Å². The van der Waals surface area contributed by atoms with Crippen LogP contribution in [0, 0.1) is 24.0 Å². The minimum atomic E-state index is -0.527. The molecule has 0 unspecified atom stereocenters. The highest BCUT2D eigenvalue weighted by atomic mass is 32.2. The van der Waals surface area contributed by atoms with Gasteiger partial charge in [0.25, 0.3) is 5.69 Å². The van der Waals surface area contributed by atoms with Crippen LogP contribution in [0.2, 0.25) is 0 Å². The van der Waals surface area contributed by atoms with Gasteiger partial charge in [-0.25, -0.2) is 0 Å². The zero-order valence-corrected chi connectivity index (χ0v) is 14.2. The normalized spacial score (nSPS) is 10.6. The van der Waals surface area contributed by atoms with E-state index in [4.69, 9.17) is 0 Å².